The second-order valence-electron chi connectivity index (χ2n) is 6.08. The Morgan fingerprint density at radius 3 is 2.76 bits per heavy atom. The van der Waals surface area contributed by atoms with Crippen LogP contribution >= 0.6 is 11.3 Å². The van der Waals surface area contributed by atoms with Crippen molar-refractivity contribution in [2.45, 2.75) is 50.7 Å². The van der Waals surface area contributed by atoms with Crippen molar-refractivity contribution < 1.29 is 9.90 Å². The highest BCUT2D eigenvalue weighted by Crippen LogP contribution is 2.30. The fourth-order valence-electron chi connectivity index (χ4n) is 3.71. The predicted molar refractivity (Wildman–Crippen MR) is 82.5 cm³/mol. The van der Waals surface area contributed by atoms with E-state index < -0.39 is 5.97 Å². The molecule has 6 heteroatoms. The van der Waals surface area contributed by atoms with Crippen LogP contribution in [0.4, 0.5) is 0 Å². The number of rotatable bonds is 4. The molecule has 0 bridgehead atoms. The van der Waals surface area contributed by atoms with Crippen LogP contribution in [0, 0.1) is 0 Å². The van der Waals surface area contributed by atoms with E-state index in [0.717, 1.165) is 45.3 Å². The Labute approximate surface area is 129 Å². The maximum atomic E-state index is 11.3. The number of piperidine rings is 1. The topological polar surface area (TPSA) is 56.7 Å². The van der Waals surface area contributed by atoms with Gasteiger partial charge in [-0.15, -0.1) is 11.3 Å². The highest BCUT2D eigenvalue weighted by Gasteiger charge is 2.37. The van der Waals surface area contributed by atoms with Gasteiger partial charge in [-0.2, -0.15) is 0 Å². The summed E-state index contributed by atoms with van der Waals surface area (Å²) in [5, 5.41) is 9.32. The molecule has 0 radical (unpaired) electrons. The predicted octanol–water partition coefficient (Wildman–Crippen LogP) is 2.22. The molecular weight excluding hydrogens is 286 g/mol. The zero-order chi connectivity index (χ0) is 14.8. The van der Waals surface area contributed by atoms with E-state index in [1.807, 2.05) is 11.7 Å². The summed E-state index contributed by atoms with van der Waals surface area (Å²) in [6.07, 6.45) is 5.95. The average Bonchev–Trinajstić information content (AvgIpc) is 3.18. The van der Waals surface area contributed by atoms with Crippen LogP contribution in [0.1, 0.15) is 43.5 Å². The molecule has 1 N–H and O–H groups in total. The molecule has 116 valence electrons. The number of likely N-dealkylation sites (tertiary alicyclic amines) is 2. The van der Waals surface area contributed by atoms with Crippen molar-refractivity contribution in [2.75, 3.05) is 19.6 Å². The summed E-state index contributed by atoms with van der Waals surface area (Å²) in [6, 6.07) is 0.617. The number of hydrogen-bond acceptors (Lipinski definition) is 5. The summed E-state index contributed by atoms with van der Waals surface area (Å²) in [4.78, 5) is 21.5. The molecule has 3 heterocycles. The molecule has 0 spiro atoms. The van der Waals surface area contributed by atoms with Gasteiger partial charge in [0.2, 0.25) is 0 Å². The maximum Gasteiger partial charge on any atom is 0.320 e. The first-order valence-corrected chi connectivity index (χ1v) is 8.66. The molecule has 0 saturated carbocycles. The molecule has 2 saturated heterocycles. The van der Waals surface area contributed by atoms with Gasteiger partial charge in [0.05, 0.1) is 5.51 Å². The monoisotopic (exact) mass is 309 g/mol. The largest absolute Gasteiger partial charge is 0.480 e. The zero-order valence-electron chi connectivity index (χ0n) is 12.4. The van der Waals surface area contributed by atoms with Crippen molar-refractivity contribution in [3.63, 3.8) is 0 Å². The Hall–Kier alpha value is -0.980. The van der Waals surface area contributed by atoms with Crippen molar-refractivity contribution in [3.8, 4) is 0 Å². The minimum atomic E-state index is -0.645. The fraction of sp³-hybridized carbons (Fsp3) is 0.733. The van der Waals surface area contributed by atoms with Crippen LogP contribution in [0.2, 0.25) is 0 Å². The molecule has 3 rings (SSSR count). The smallest absolute Gasteiger partial charge is 0.320 e. The molecule has 2 unspecified atom stereocenters. The Morgan fingerprint density at radius 1 is 1.38 bits per heavy atom. The Morgan fingerprint density at radius 2 is 2.14 bits per heavy atom. The van der Waals surface area contributed by atoms with E-state index in [4.69, 9.17) is 0 Å². The number of nitrogens with zero attached hydrogens (tertiary/aromatic N) is 3. The summed E-state index contributed by atoms with van der Waals surface area (Å²) < 4.78 is 0. The summed E-state index contributed by atoms with van der Waals surface area (Å²) in [5.41, 5.74) is 1.89. The highest BCUT2D eigenvalue weighted by atomic mass is 32.1. The number of aliphatic carboxylic acids is 1. The van der Waals surface area contributed by atoms with Gasteiger partial charge in [-0.05, 0) is 39.2 Å². The molecule has 1 aromatic heterocycles. The summed E-state index contributed by atoms with van der Waals surface area (Å²) in [5.74, 6) is -0.645. The second-order valence-corrected chi connectivity index (χ2v) is 7.00. The molecule has 2 aliphatic heterocycles. The van der Waals surface area contributed by atoms with Crippen LogP contribution < -0.4 is 0 Å². The number of carbonyl (C=O) groups is 1. The lowest BCUT2D eigenvalue weighted by Crippen LogP contribution is -2.49. The fourth-order valence-corrected chi connectivity index (χ4v) is 4.42. The number of hydrogen-bond donors (Lipinski definition) is 1. The summed E-state index contributed by atoms with van der Waals surface area (Å²) >= 11 is 1.71. The van der Waals surface area contributed by atoms with Gasteiger partial charge < -0.3 is 5.11 Å². The van der Waals surface area contributed by atoms with E-state index in [2.05, 4.69) is 21.7 Å². The van der Waals surface area contributed by atoms with E-state index in [-0.39, 0.29) is 6.04 Å². The van der Waals surface area contributed by atoms with Crippen molar-refractivity contribution in [2.24, 2.45) is 0 Å². The molecule has 21 heavy (non-hydrogen) atoms. The van der Waals surface area contributed by atoms with Gasteiger partial charge in [0.25, 0.3) is 0 Å². The van der Waals surface area contributed by atoms with Gasteiger partial charge in [0.1, 0.15) is 6.04 Å². The lowest BCUT2D eigenvalue weighted by Gasteiger charge is -2.40. The SMILES string of the molecule is CC(c1cncs1)N1CCC(N2CCCC2C(=O)O)CC1. The van der Waals surface area contributed by atoms with Gasteiger partial charge in [-0.3, -0.25) is 19.6 Å². The molecule has 2 atom stereocenters. The maximum absolute atomic E-state index is 11.3. The van der Waals surface area contributed by atoms with Gasteiger partial charge in [0.15, 0.2) is 0 Å². The number of carboxylic acid groups (broad SMARTS) is 1. The molecule has 0 aliphatic carbocycles. The van der Waals surface area contributed by atoms with Crippen LogP contribution in [-0.4, -0.2) is 57.6 Å². The van der Waals surface area contributed by atoms with Gasteiger partial charge in [-0.1, -0.05) is 0 Å². The van der Waals surface area contributed by atoms with Crippen molar-refractivity contribution in [3.05, 3.63) is 16.6 Å². The molecule has 1 aromatic rings. The first-order chi connectivity index (χ1) is 10.2. The lowest BCUT2D eigenvalue weighted by atomic mass is 10.0. The third-order valence-electron chi connectivity index (χ3n) is 4.96. The van der Waals surface area contributed by atoms with Crippen LogP contribution in [0.3, 0.4) is 0 Å². The number of thiazole rings is 1. The Bertz CT molecular complexity index is 471. The standard InChI is InChI=1S/C15H23N3O2S/c1-11(14-9-16-10-21-14)17-7-4-12(5-8-17)18-6-2-3-13(18)15(19)20/h9-13H,2-8H2,1H3,(H,19,20). The van der Waals surface area contributed by atoms with Crippen LogP contribution in [0.25, 0.3) is 0 Å². The summed E-state index contributed by atoms with van der Waals surface area (Å²) in [6.45, 7) is 5.29. The molecular formula is C15H23N3O2S. The van der Waals surface area contributed by atoms with E-state index in [1.54, 1.807) is 11.3 Å². The quantitative estimate of drug-likeness (QED) is 0.924. The second kappa shape index (κ2) is 6.42. The minimum absolute atomic E-state index is 0.250. The Balaban J connectivity index is 1.56. The third kappa shape index (κ3) is 3.12. The molecule has 5 nitrogen and oxygen atoms in total. The number of aromatic nitrogens is 1. The first kappa shape index (κ1) is 14.9. The van der Waals surface area contributed by atoms with E-state index in [9.17, 15) is 9.90 Å². The zero-order valence-corrected chi connectivity index (χ0v) is 13.3. The van der Waals surface area contributed by atoms with Gasteiger partial charge in [0, 0.05) is 36.2 Å². The molecule has 0 aromatic carbocycles. The van der Waals surface area contributed by atoms with Crippen LogP contribution in [0.5, 0.6) is 0 Å². The lowest BCUT2D eigenvalue weighted by molar-refractivity contribution is -0.143. The van der Waals surface area contributed by atoms with Crippen LogP contribution in [-0.2, 0) is 4.79 Å². The van der Waals surface area contributed by atoms with Crippen LogP contribution in [0.15, 0.2) is 11.7 Å². The highest BCUT2D eigenvalue weighted by molar-refractivity contribution is 7.09. The minimum Gasteiger partial charge on any atom is -0.480 e. The van der Waals surface area contributed by atoms with Gasteiger partial charge in [-0.25, -0.2) is 0 Å². The van der Waals surface area contributed by atoms with Crippen molar-refractivity contribution in [1.82, 2.24) is 14.8 Å². The van der Waals surface area contributed by atoms with Gasteiger partial charge >= 0.3 is 5.97 Å². The summed E-state index contributed by atoms with van der Waals surface area (Å²) in [7, 11) is 0. The van der Waals surface area contributed by atoms with E-state index >= 15 is 0 Å². The molecule has 2 aliphatic rings. The molecule has 0 amide bonds. The van der Waals surface area contributed by atoms with Crippen molar-refractivity contribution in [1.29, 1.82) is 0 Å². The van der Waals surface area contributed by atoms with Crippen molar-refractivity contribution >= 4 is 17.3 Å². The van der Waals surface area contributed by atoms with E-state index in [0.29, 0.717) is 12.1 Å². The average molecular weight is 309 g/mol. The normalized spacial score (nSPS) is 27.0. The molecule has 2 fully saturated rings. The Kier molecular flexibility index (Phi) is 4.57. The number of carboxylic acids is 1. The third-order valence-corrected chi connectivity index (χ3v) is 5.90. The van der Waals surface area contributed by atoms with E-state index in [1.165, 1.54) is 4.88 Å². The first-order valence-electron chi connectivity index (χ1n) is 7.78.